The number of carbonyl (C=O) groups excluding carboxylic acids is 1. The normalized spacial score (nSPS) is 22.2. The number of rotatable bonds is 13. The van der Waals surface area contributed by atoms with Gasteiger partial charge in [-0.05, 0) is 87.2 Å². The molecule has 1 saturated carbocycles. The largest absolute Gasteiger partial charge is 0.493 e. The average Bonchev–Trinajstić information content (AvgIpc) is 3.56. The van der Waals surface area contributed by atoms with E-state index in [4.69, 9.17) is 9.47 Å². The van der Waals surface area contributed by atoms with Gasteiger partial charge in [-0.1, -0.05) is 43.5 Å². The molecule has 3 aliphatic rings. The Morgan fingerprint density at radius 3 is 2.33 bits per heavy atom. The van der Waals surface area contributed by atoms with Crippen LogP contribution in [0.1, 0.15) is 57.8 Å². The van der Waals surface area contributed by atoms with Crippen molar-refractivity contribution in [3.63, 3.8) is 0 Å². The van der Waals surface area contributed by atoms with Crippen LogP contribution in [-0.4, -0.2) is 91.5 Å². The fourth-order valence-corrected chi connectivity index (χ4v) is 7.63. The number of benzene rings is 1. The molecule has 1 N–H and O–H groups in total. The molecule has 2 unspecified atom stereocenters. The van der Waals surface area contributed by atoms with E-state index in [1.807, 2.05) is 18.2 Å². The van der Waals surface area contributed by atoms with Gasteiger partial charge < -0.3 is 24.6 Å². The summed E-state index contributed by atoms with van der Waals surface area (Å²) in [6.45, 7) is 8.16. The van der Waals surface area contributed by atoms with Gasteiger partial charge in [-0.25, -0.2) is 9.97 Å². The van der Waals surface area contributed by atoms with Gasteiger partial charge in [0.1, 0.15) is 0 Å². The molecule has 1 amide bonds. The maximum atomic E-state index is 12.6. The van der Waals surface area contributed by atoms with E-state index in [1.165, 1.54) is 102 Å². The number of hydrogen-bond acceptors (Lipinski definition) is 8. The Balaban J connectivity index is 1.00. The number of nitrogens with zero attached hydrogens (tertiary/aromatic N) is 4. The second-order valence-electron chi connectivity index (χ2n) is 12.4. The zero-order valence-electron chi connectivity index (χ0n) is 25.6. The molecule has 3 heterocycles. The van der Waals surface area contributed by atoms with Crippen molar-refractivity contribution in [2.24, 2.45) is 17.8 Å². The van der Waals surface area contributed by atoms with Crippen molar-refractivity contribution in [3.8, 4) is 22.6 Å². The number of methoxy groups -OCH3 is 2. The van der Waals surface area contributed by atoms with E-state index in [0.29, 0.717) is 28.3 Å². The molecule has 3 fully saturated rings. The van der Waals surface area contributed by atoms with Crippen molar-refractivity contribution in [2.45, 2.75) is 62.9 Å². The number of ether oxygens (including phenoxy) is 2. The highest BCUT2D eigenvalue weighted by Gasteiger charge is 2.26. The van der Waals surface area contributed by atoms with Crippen LogP contribution >= 0.6 is 11.8 Å². The molecule has 2 atom stereocenters. The summed E-state index contributed by atoms with van der Waals surface area (Å²) in [7, 11) is 3.24. The number of amides is 1. The molecule has 0 radical (unpaired) electrons. The maximum absolute atomic E-state index is 12.6. The van der Waals surface area contributed by atoms with E-state index in [-0.39, 0.29) is 5.91 Å². The molecule has 42 heavy (non-hydrogen) atoms. The van der Waals surface area contributed by atoms with Gasteiger partial charge >= 0.3 is 0 Å². The standard InChI is InChI=1S/C33H49N5O3S/c1-40-30-12-11-28(17-31(30)41-2)29-19-35-33(36-20-29)42-24-32(39)34-18-26-9-5-15-38(21-26)23-27-10-6-14-37(22-27)16-13-25-7-3-4-8-25/h11-12,17,19-20,25-27H,3-10,13-16,18,21-24H2,1-2H3,(H,34,39). The van der Waals surface area contributed by atoms with E-state index in [2.05, 4.69) is 25.1 Å². The van der Waals surface area contributed by atoms with Gasteiger partial charge in [0.25, 0.3) is 0 Å². The summed E-state index contributed by atoms with van der Waals surface area (Å²) in [5, 5.41) is 3.78. The highest BCUT2D eigenvalue weighted by Crippen LogP contribution is 2.32. The summed E-state index contributed by atoms with van der Waals surface area (Å²) in [4.78, 5) is 27.0. The minimum Gasteiger partial charge on any atom is -0.493 e. The van der Waals surface area contributed by atoms with Crippen LogP contribution in [0.3, 0.4) is 0 Å². The first-order valence-electron chi connectivity index (χ1n) is 16.0. The molecular formula is C33H49N5O3S. The monoisotopic (exact) mass is 595 g/mol. The lowest BCUT2D eigenvalue weighted by Crippen LogP contribution is -2.46. The van der Waals surface area contributed by atoms with Gasteiger partial charge in [-0.2, -0.15) is 0 Å². The van der Waals surface area contributed by atoms with Gasteiger partial charge in [0.05, 0.1) is 20.0 Å². The number of piperidine rings is 2. The zero-order valence-corrected chi connectivity index (χ0v) is 26.4. The number of likely N-dealkylation sites (tertiary alicyclic amines) is 2. The third-order valence-electron chi connectivity index (χ3n) is 9.32. The first kappa shape index (κ1) is 31.1. The van der Waals surface area contributed by atoms with Gasteiger partial charge in [-0.3, -0.25) is 4.79 Å². The van der Waals surface area contributed by atoms with Crippen molar-refractivity contribution in [1.29, 1.82) is 0 Å². The van der Waals surface area contributed by atoms with Gasteiger partial charge in [0.15, 0.2) is 16.7 Å². The predicted octanol–water partition coefficient (Wildman–Crippen LogP) is 5.37. The topological polar surface area (TPSA) is 79.8 Å². The molecule has 230 valence electrons. The van der Waals surface area contributed by atoms with Crippen LogP contribution in [0.5, 0.6) is 11.5 Å². The van der Waals surface area contributed by atoms with E-state index in [1.54, 1.807) is 26.6 Å². The summed E-state index contributed by atoms with van der Waals surface area (Å²) in [5.74, 6) is 4.04. The highest BCUT2D eigenvalue weighted by molar-refractivity contribution is 7.99. The molecule has 9 heteroatoms. The number of nitrogens with one attached hydrogen (secondary N) is 1. The highest BCUT2D eigenvalue weighted by atomic mass is 32.2. The number of thioether (sulfide) groups is 1. The Bertz CT molecular complexity index is 1130. The Hall–Kier alpha value is -2.36. The summed E-state index contributed by atoms with van der Waals surface area (Å²) in [5.41, 5.74) is 1.83. The second-order valence-corrected chi connectivity index (χ2v) is 13.4. The predicted molar refractivity (Wildman–Crippen MR) is 169 cm³/mol. The van der Waals surface area contributed by atoms with E-state index < -0.39 is 0 Å². The summed E-state index contributed by atoms with van der Waals surface area (Å²) >= 11 is 1.37. The van der Waals surface area contributed by atoms with E-state index in [0.717, 1.165) is 36.1 Å². The van der Waals surface area contributed by atoms with Crippen LogP contribution in [0.2, 0.25) is 0 Å². The molecule has 5 rings (SSSR count). The van der Waals surface area contributed by atoms with Crippen LogP contribution in [-0.2, 0) is 4.79 Å². The number of carbonyl (C=O) groups is 1. The fraction of sp³-hybridized carbons (Fsp3) is 0.667. The molecular weight excluding hydrogens is 546 g/mol. The van der Waals surface area contributed by atoms with Crippen LogP contribution < -0.4 is 14.8 Å². The quantitative estimate of drug-likeness (QED) is 0.245. The Morgan fingerprint density at radius 1 is 0.881 bits per heavy atom. The molecule has 1 aromatic heterocycles. The second kappa shape index (κ2) is 15.9. The first-order chi connectivity index (χ1) is 20.6. The molecule has 2 aromatic rings. The zero-order chi connectivity index (χ0) is 29.1. The van der Waals surface area contributed by atoms with Crippen molar-refractivity contribution in [2.75, 3.05) is 65.8 Å². The molecule has 1 aromatic carbocycles. The molecule has 0 spiro atoms. The van der Waals surface area contributed by atoms with Gasteiger partial charge in [0, 0.05) is 44.1 Å². The van der Waals surface area contributed by atoms with Crippen LogP contribution in [0.15, 0.2) is 35.7 Å². The Labute approximate surface area is 256 Å². The minimum atomic E-state index is 0.0508. The smallest absolute Gasteiger partial charge is 0.230 e. The molecule has 1 aliphatic carbocycles. The van der Waals surface area contributed by atoms with Crippen LogP contribution in [0.25, 0.3) is 11.1 Å². The third kappa shape index (κ3) is 9.07. The maximum Gasteiger partial charge on any atom is 0.230 e. The Kier molecular flexibility index (Phi) is 11.8. The number of aromatic nitrogens is 2. The Morgan fingerprint density at radius 2 is 1.57 bits per heavy atom. The number of hydrogen-bond donors (Lipinski definition) is 1. The van der Waals surface area contributed by atoms with Crippen molar-refractivity contribution in [1.82, 2.24) is 25.1 Å². The summed E-state index contributed by atoms with van der Waals surface area (Å²) in [6, 6.07) is 5.73. The third-order valence-corrected chi connectivity index (χ3v) is 10.2. The van der Waals surface area contributed by atoms with Crippen LogP contribution in [0, 0.1) is 17.8 Å². The molecule has 8 nitrogen and oxygen atoms in total. The van der Waals surface area contributed by atoms with Gasteiger partial charge in [0.2, 0.25) is 5.91 Å². The lowest BCUT2D eigenvalue weighted by Gasteiger charge is -2.39. The fourth-order valence-electron chi connectivity index (χ4n) is 7.01. The van der Waals surface area contributed by atoms with Crippen molar-refractivity contribution in [3.05, 3.63) is 30.6 Å². The van der Waals surface area contributed by atoms with Crippen LogP contribution in [0.4, 0.5) is 0 Å². The SMILES string of the molecule is COc1ccc(-c2cnc(SCC(=O)NCC3CCCN(CC4CCCN(CCC5CCCC5)C4)C3)nc2)cc1OC. The summed E-state index contributed by atoms with van der Waals surface area (Å²) in [6.07, 6.45) is 16.0. The average molecular weight is 596 g/mol. The molecule has 2 aliphatic heterocycles. The lowest BCUT2D eigenvalue weighted by atomic mass is 9.93. The van der Waals surface area contributed by atoms with Crippen molar-refractivity contribution >= 4 is 17.7 Å². The first-order valence-corrected chi connectivity index (χ1v) is 17.0. The summed E-state index contributed by atoms with van der Waals surface area (Å²) < 4.78 is 10.7. The molecule has 0 bridgehead atoms. The van der Waals surface area contributed by atoms with Gasteiger partial charge in [-0.15, -0.1) is 0 Å². The lowest BCUT2D eigenvalue weighted by molar-refractivity contribution is -0.118. The van der Waals surface area contributed by atoms with E-state index >= 15 is 0 Å². The van der Waals surface area contributed by atoms with E-state index in [9.17, 15) is 4.79 Å². The van der Waals surface area contributed by atoms with Crippen molar-refractivity contribution < 1.29 is 14.3 Å². The minimum absolute atomic E-state index is 0.0508. The molecule has 2 saturated heterocycles.